The van der Waals surface area contributed by atoms with E-state index in [0.717, 1.165) is 48.8 Å². The Morgan fingerprint density at radius 3 is 2.50 bits per heavy atom. The molecule has 1 aliphatic carbocycles. The molecule has 2 aromatic rings. The highest BCUT2D eigenvalue weighted by atomic mass is 19.1. The summed E-state index contributed by atoms with van der Waals surface area (Å²) in [6.07, 6.45) is 5.29. The lowest BCUT2D eigenvalue weighted by Crippen LogP contribution is -2.36. The van der Waals surface area contributed by atoms with E-state index in [4.69, 9.17) is 11.0 Å². The van der Waals surface area contributed by atoms with Crippen molar-refractivity contribution >= 4 is 0 Å². The molecule has 0 aromatic heterocycles. The van der Waals surface area contributed by atoms with Gasteiger partial charge in [-0.25, -0.2) is 8.78 Å². The van der Waals surface area contributed by atoms with Gasteiger partial charge in [-0.3, -0.25) is 4.90 Å². The van der Waals surface area contributed by atoms with E-state index in [1.807, 2.05) is 6.07 Å². The van der Waals surface area contributed by atoms with Crippen LogP contribution in [0.25, 0.3) is 11.1 Å². The lowest BCUT2D eigenvalue weighted by Gasteiger charge is -2.25. The van der Waals surface area contributed by atoms with Gasteiger partial charge in [-0.2, -0.15) is 5.26 Å². The molecule has 2 aromatic carbocycles. The summed E-state index contributed by atoms with van der Waals surface area (Å²) >= 11 is 0. The number of fused-ring (bicyclic) bond motifs is 2. The normalized spacial score (nSPS) is 26.6. The summed E-state index contributed by atoms with van der Waals surface area (Å²) in [5, 5.41) is 8.99. The smallest absolute Gasteiger partial charge is 0.141 e. The van der Waals surface area contributed by atoms with Gasteiger partial charge in [0.15, 0.2) is 0 Å². The fourth-order valence-electron chi connectivity index (χ4n) is 5.24. The van der Waals surface area contributed by atoms with E-state index in [2.05, 4.69) is 4.90 Å². The molecule has 2 N–H and O–H groups in total. The minimum Gasteiger partial charge on any atom is -0.326 e. The van der Waals surface area contributed by atoms with Crippen LogP contribution in [0.2, 0.25) is 0 Å². The summed E-state index contributed by atoms with van der Waals surface area (Å²) in [7, 11) is 0. The van der Waals surface area contributed by atoms with Gasteiger partial charge in [0, 0.05) is 30.2 Å². The number of benzene rings is 2. The molecule has 5 heteroatoms. The minimum atomic E-state index is -0.531. The molecular weight excluding hydrogens is 356 g/mol. The molecule has 3 aliphatic rings. The van der Waals surface area contributed by atoms with Gasteiger partial charge in [0.2, 0.25) is 0 Å². The van der Waals surface area contributed by atoms with Crippen molar-refractivity contribution in [3.05, 3.63) is 58.7 Å². The Hall–Kier alpha value is -2.29. The molecule has 1 saturated carbocycles. The standard InChI is InChI=1S/C23H23F2N3/c24-19-7-6-17(14-3-4-15(11-26)20(25)9-14)23(13-1-2-13)18(19)12-28-16-5-8-22(28)21(27)10-16/h3-4,6-7,9,13,16,21-22H,1-2,5,8,10,12,27H2/t16-,21+,22+/m1/s1. The van der Waals surface area contributed by atoms with Crippen molar-refractivity contribution in [1.82, 2.24) is 4.90 Å². The summed E-state index contributed by atoms with van der Waals surface area (Å²) in [6.45, 7) is 0.577. The molecule has 3 nitrogen and oxygen atoms in total. The number of hydrogen-bond donors (Lipinski definition) is 1. The second-order valence-corrected chi connectivity index (χ2v) is 8.44. The second kappa shape index (κ2) is 6.65. The van der Waals surface area contributed by atoms with E-state index in [1.165, 1.54) is 18.2 Å². The predicted octanol–water partition coefficient (Wildman–Crippen LogP) is 4.44. The Bertz CT molecular complexity index is 977. The third kappa shape index (κ3) is 2.83. The minimum absolute atomic E-state index is 0.0293. The van der Waals surface area contributed by atoms with Crippen LogP contribution < -0.4 is 5.73 Å². The van der Waals surface area contributed by atoms with Crippen LogP contribution in [0.4, 0.5) is 8.78 Å². The molecule has 3 fully saturated rings. The number of nitriles is 1. The summed E-state index contributed by atoms with van der Waals surface area (Å²) in [5.41, 5.74) is 9.66. The van der Waals surface area contributed by atoms with Gasteiger partial charge in [0.1, 0.15) is 17.7 Å². The zero-order valence-electron chi connectivity index (χ0n) is 15.7. The van der Waals surface area contributed by atoms with E-state index in [0.29, 0.717) is 30.1 Å². The SMILES string of the molecule is N#Cc1ccc(-c2ccc(F)c(CN3[C@@H]4CC[C@H]3[C@@H](N)C4)c2C2CC2)cc1F. The van der Waals surface area contributed by atoms with Crippen LogP contribution in [0.15, 0.2) is 30.3 Å². The molecule has 28 heavy (non-hydrogen) atoms. The number of hydrogen-bond acceptors (Lipinski definition) is 3. The predicted molar refractivity (Wildman–Crippen MR) is 103 cm³/mol. The highest BCUT2D eigenvalue weighted by Crippen LogP contribution is 2.48. The maximum Gasteiger partial charge on any atom is 0.141 e. The molecule has 2 bridgehead atoms. The van der Waals surface area contributed by atoms with Crippen LogP contribution in [0.5, 0.6) is 0 Å². The molecule has 2 aliphatic heterocycles. The molecule has 0 unspecified atom stereocenters. The molecule has 0 amide bonds. The van der Waals surface area contributed by atoms with E-state index < -0.39 is 5.82 Å². The van der Waals surface area contributed by atoms with E-state index in [1.54, 1.807) is 12.1 Å². The zero-order chi connectivity index (χ0) is 19.4. The highest BCUT2D eigenvalue weighted by Gasteiger charge is 2.45. The topological polar surface area (TPSA) is 53.0 Å². The van der Waals surface area contributed by atoms with E-state index >= 15 is 0 Å². The van der Waals surface area contributed by atoms with Crippen molar-refractivity contribution in [2.45, 2.75) is 62.7 Å². The molecule has 0 radical (unpaired) electrons. The Morgan fingerprint density at radius 2 is 1.89 bits per heavy atom. The van der Waals surface area contributed by atoms with Gasteiger partial charge >= 0.3 is 0 Å². The molecule has 0 spiro atoms. The number of nitrogens with two attached hydrogens (primary N) is 1. The fraction of sp³-hybridized carbons (Fsp3) is 0.435. The van der Waals surface area contributed by atoms with Crippen molar-refractivity contribution in [2.24, 2.45) is 5.73 Å². The molecule has 144 valence electrons. The summed E-state index contributed by atoms with van der Waals surface area (Å²) < 4.78 is 29.2. The number of rotatable bonds is 4. The lowest BCUT2D eigenvalue weighted by molar-refractivity contribution is 0.235. The molecule has 2 saturated heterocycles. The summed E-state index contributed by atoms with van der Waals surface area (Å²) in [5.74, 6) is -0.385. The maximum atomic E-state index is 15.0. The third-order valence-electron chi connectivity index (χ3n) is 6.76. The monoisotopic (exact) mass is 379 g/mol. The summed E-state index contributed by atoms with van der Waals surface area (Å²) in [4.78, 5) is 2.39. The average Bonchev–Trinajstić information content (AvgIpc) is 3.40. The largest absolute Gasteiger partial charge is 0.326 e. The lowest BCUT2D eigenvalue weighted by atomic mass is 9.91. The molecule has 3 atom stereocenters. The maximum absolute atomic E-state index is 15.0. The molecule has 2 heterocycles. The first kappa shape index (κ1) is 17.8. The van der Waals surface area contributed by atoms with Crippen LogP contribution in [0.3, 0.4) is 0 Å². The summed E-state index contributed by atoms with van der Waals surface area (Å²) in [6, 6.07) is 10.8. The van der Waals surface area contributed by atoms with E-state index in [-0.39, 0.29) is 17.4 Å². The van der Waals surface area contributed by atoms with Crippen LogP contribution in [-0.4, -0.2) is 23.0 Å². The van der Waals surface area contributed by atoms with Crippen molar-refractivity contribution in [2.75, 3.05) is 0 Å². The quantitative estimate of drug-likeness (QED) is 0.854. The number of halogens is 2. The van der Waals surface area contributed by atoms with Gasteiger partial charge in [0.05, 0.1) is 5.56 Å². The Balaban J connectivity index is 1.58. The van der Waals surface area contributed by atoms with Crippen molar-refractivity contribution in [1.29, 1.82) is 5.26 Å². The van der Waals surface area contributed by atoms with Gasteiger partial charge in [-0.15, -0.1) is 0 Å². The third-order valence-corrected chi connectivity index (χ3v) is 6.76. The first-order chi connectivity index (χ1) is 13.6. The van der Waals surface area contributed by atoms with Crippen LogP contribution in [0, 0.1) is 23.0 Å². The Morgan fingerprint density at radius 1 is 1.07 bits per heavy atom. The van der Waals surface area contributed by atoms with Crippen LogP contribution in [0.1, 0.15) is 54.7 Å². The van der Waals surface area contributed by atoms with E-state index in [9.17, 15) is 8.78 Å². The van der Waals surface area contributed by atoms with Crippen LogP contribution >= 0.6 is 0 Å². The van der Waals surface area contributed by atoms with Crippen LogP contribution in [-0.2, 0) is 6.54 Å². The Kier molecular flexibility index (Phi) is 4.22. The van der Waals surface area contributed by atoms with Crippen molar-refractivity contribution in [3.63, 3.8) is 0 Å². The Labute approximate surface area is 163 Å². The van der Waals surface area contributed by atoms with Gasteiger partial charge in [0.25, 0.3) is 0 Å². The first-order valence-electron chi connectivity index (χ1n) is 10.1. The van der Waals surface area contributed by atoms with Gasteiger partial charge < -0.3 is 5.73 Å². The van der Waals surface area contributed by atoms with Gasteiger partial charge in [-0.05, 0) is 72.9 Å². The highest BCUT2D eigenvalue weighted by molar-refractivity contribution is 5.71. The second-order valence-electron chi connectivity index (χ2n) is 8.44. The zero-order valence-corrected chi connectivity index (χ0v) is 15.7. The first-order valence-corrected chi connectivity index (χ1v) is 10.1. The molecular formula is C23H23F2N3. The fourth-order valence-corrected chi connectivity index (χ4v) is 5.24. The van der Waals surface area contributed by atoms with Crippen molar-refractivity contribution in [3.8, 4) is 17.2 Å². The average molecular weight is 379 g/mol. The molecule has 5 rings (SSSR count). The number of nitrogens with zero attached hydrogens (tertiary/aromatic N) is 2. The van der Waals surface area contributed by atoms with Crippen molar-refractivity contribution < 1.29 is 8.78 Å². The van der Waals surface area contributed by atoms with Gasteiger partial charge in [-0.1, -0.05) is 12.1 Å².